The SMILES string of the molecule is CC(=O)Nc1c(C#N)cn(C)c1C(=O)O. The topological polar surface area (TPSA) is 95.1 Å². The Kier molecular flexibility index (Phi) is 2.76. The summed E-state index contributed by atoms with van der Waals surface area (Å²) >= 11 is 0. The highest BCUT2D eigenvalue weighted by Gasteiger charge is 2.20. The van der Waals surface area contributed by atoms with Crippen LogP contribution in [-0.2, 0) is 11.8 Å². The maximum atomic E-state index is 10.9. The number of aryl methyl sites for hydroxylation is 1. The van der Waals surface area contributed by atoms with Crippen LogP contribution in [0, 0.1) is 11.3 Å². The number of nitrogens with one attached hydrogen (secondary N) is 1. The Labute approximate surface area is 85.7 Å². The zero-order chi connectivity index (χ0) is 11.6. The first-order valence-corrected chi connectivity index (χ1v) is 4.07. The third-order valence-electron chi connectivity index (χ3n) is 1.81. The molecule has 0 saturated carbocycles. The summed E-state index contributed by atoms with van der Waals surface area (Å²) in [5.41, 5.74) is 0.0619. The van der Waals surface area contributed by atoms with Gasteiger partial charge in [-0.1, -0.05) is 0 Å². The third-order valence-corrected chi connectivity index (χ3v) is 1.81. The van der Waals surface area contributed by atoms with Gasteiger partial charge in [0.15, 0.2) is 5.69 Å². The van der Waals surface area contributed by atoms with E-state index in [0.717, 1.165) is 0 Å². The van der Waals surface area contributed by atoms with Crippen molar-refractivity contribution in [2.45, 2.75) is 6.92 Å². The van der Waals surface area contributed by atoms with Gasteiger partial charge in [-0.15, -0.1) is 0 Å². The van der Waals surface area contributed by atoms with Crippen LogP contribution in [0.4, 0.5) is 5.69 Å². The fraction of sp³-hybridized carbons (Fsp3) is 0.222. The molecule has 0 aromatic carbocycles. The zero-order valence-electron chi connectivity index (χ0n) is 8.24. The molecule has 0 spiro atoms. The monoisotopic (exact) mass is 207 g/mol. The summed E-state index contributed by atoms with van der Waals surface area (Å²) in [6, 6.07) is 1.82. The first-order valence-electron chi connectivity index (χ1n) is 4.07. The van der Waals surface area contributed by atoms with Crippen LogP contribution in [0.2, 0.25) is 0 Å². The van der Waals surface area contributed by atoms with E-state index in [9.17, 15) is 9.59 Å². The van der Waals surface area contributed by atoms with Gasteiger partial charge in [-0.25, -0.2) is 4.79 Å². The lowest BCUT2D eigenvalue weighted by Gasteiger charge is -2.02. The van der Waals surface area contributed by atoms with Crippen LogP contribution >= 0.6 is 0 Å². The number of carboxylic acids is 1. The van der Waals surface area contributed by atoms with E-state index in [1.54, 1.807) is 0 Å². The van der Waals surface area contributed by atoms with Crippen LogP contribution in [-0.4, -0.2) is 21.6 Å². The summed E-state index contributed by atoms with van der Waals surface area (Å²) < 4.78 is 1.28. The summed E-state index contributed by atoms with van der Waals surface area (Å²) in [7, 11) is 1.50. The molecule has 0 radical (unpaired) electrons. The lowest BCUT2D eigenvalue weighted by atomic mass is 10.2. The van der Waals surface area contributed by atoms with Crippen LogP contribution in [0.5, 0.6) is 0 Å². The predicted molar refractivity (Wildman–Crippen MR) is 51.4 cm³/mol. The number of anilines is 1. The molecule has 1 heterocycles. The van der Waals surface area contributed by atoms with Crippen molar-refractivity contribution in [3.05, 3.63) is 17.5 Å². The first-order chi connectivity index (χ1) is 6.97. The van der Waals surface area contributed by atoms with Crippen molar-refractivity contribution >= 4 is 17.6 Å². The van der Waals surface area contributed by atoms with Crippen molar-refractivity contribution < 1.29 is 14.7 Å². The minimum absolute atomic E-state index is 0.0417. The highest BCUT2D eigenvalue weighted by Crippen LogP contribution is 2.22. The second kappa shape index (κ2) is 3.84. The van der Waals surface area contributed by atoms with E-state index in [4.69, 9.17) is 10.4 Å². The number of nitriles is 1. The molecular formula is C9H9N3O3. The average molecular weight is 207 g/mol. The van der Waals surface area contributed by atoms with E-state index in [1.807, 2.05) is 6.07 Å². The van der Waals surface area contributed by atoms with Crippen LogP contribution in [0.15, 0.2) is 6.20 Å². The van der Waals surface area contributed by atoms with Gasteiger partial charge in [0.2, 0.25) is 5.91 Å². The molecule has 0 unspecified atom stereocenters. The van der Waals surface area contributed by atoms with E-state index in [-0.39, 0.29) is 16.9 Å². The van der Waals surface area contributed by atoms with Crippen molar-refractivity contribution in [3.8, 4) is 6.07 Å². The fourth-order valence-electron chi connectivity index (χ4n) is 1.27. The first kappa shape index (κ1) is 10.8. The van der Waals surface area contributed by atoms with E-state index < -0.39 is 11.9 Å². The number of hydrogen-bond acceptors (Lipinski definition) is 3. The molecule has 0 aliphatic rings. The van der Waals surface area contributed by atoms with Gasteiger partial charge in [-0.05, 0) is 0 Å². The Bertz CT molecular complexity index is 468. The average Bonchev–Trinajstić information content (AvgIpc) is 2.41. The van der Waals surface area contributed by atoms with Gasteiger partial charge in [-0.3, -0.25) is 4.79 Å². The molecule has 1 aromatic heterocycles. The van der Waals surface area contributed by atoms with E-state index in [0.29, 0.717) is 0 Å². The number of aromatic carboxylic acids is 1. The number of nitrogens with zero attached hydrogens (tertiary/aromatic N) is 2. The Hall–Kier alpha value is -2.29. The molecular weight excluding hydrogens is 198 g/mol. The quantitative estimate of drug-likeness (QED) is 0.740. The Morgan fingerprint density at radius 3 is 2.60 bits per heavy atom. The highest BCUT2D eigenvalue weighted by atomic mass is 16.4. The standard InChI is InChI=1S/C9H9N3O3/c1-5(13)11-7-6(3-10)4-12(2)8(7)9(14)15/h4H,1-2H3,(H,11,13)(H,14,15). The van der Waals surface area contributed by atoms with Gasteiger partial charge in [0.25, 0.3) is 0 Å². The molecule has 1 amide bonds. The number of aromatic nitrogens is 1. The van der Waals surface area contributed by atoms with Crippen molar-refractivity contribution in [1.82, 2.24) is 4.57 Å². The van der Waals surface area contributed by atoms with E-state index in [2.05, 4.69) is 5.32 Å². The number of rotatable bonds is 2. The van der Waals surface area contributed by atoms with Gasteiger partial charge >= 0.3 is 5.97 Å². The number of carboxylic acid groups (broad SMARTS) is 1. The van der Waals surface area contributed by atoms with Gasteiger partial charge in [-0.2, -0.15) is 5.26 Å². The van der Waals surface area contributed by atoms with Crippen LogP contribution in [0.3, 0.4) is 0 Å². The largest absolute Gasteiger partial charge is 0.477 e. The summed E-state index contributed by atoms with van der Waals surface area (Å²) in [5.74, 6) is -1.61. The smallest absolute Gasteiger partial charge is 0.354 e. The fourth-order valence-corrected chi connectivity index (χ4v) is 1.27. The maximum Gasteiger partial charge on any atom is 0.354 e. The molecule has 0 saturated heterocycles. The molecule has 0 aliphatic heterocycles. The Morgan fingerprint density at radius 2 is 2.20 bits per heavy atom. The third kappa shape index (κ3) is 1.96. The van der Waals surface area contributed by atoms with Crippen molar-refractivity contribution in [2.24, 2.45) is 7.05 Å². The molecule has 0 bridgehead atoms. The molecule has 0 aliphatic carbocycles. The molecule has 1 rings (SSSR count). The van der Waals surface area contributed by atoms with Crippen molar-refractivity contribution in [2.75, 3.05) is 5.32 Å². The van der Waals surface area contributed by atoms with Crippen molar-refractivity contribution in [3.63, 3.8) is 0 Å². The number of hydrogen-bond donors (Lipinski definition) is 2. The van der Waals surface area contributed by atoms with Crippen LogP contribution in [0.1, 0.15) is 23.0 Å². The number of amides is 1. The maximum absolute atomic E-state index is 10.9. The molecule has 78 valence electrons. The lowest BCUT2D eigenvalue weighted by Crippen LogP contribution is -2.12. The van der Waals surface area contributed by atoms with Gasteiger partial charge in [0, 0.05) is 20.2 Å². The minimum atomic E-state index is -1.19. The van der Waals surface area contributed by atoms with Crippen LogP contribution < -0.4 is 5.32 Å². The summed E-state index contributed by atoms with van der Waals surface area (Å²) in [6.45, 7) is 1.25. The molecule has 2 N–H and O–H groups in total. The van der Waals surface area contributed by atoms with E-state index >= 15 is 0 Å². The second-order valence-corrected chi connectivity index (χ2v) is 2.98. The molecule has 15 heavy (non-hydrogen) atoms. The Morgan fingerprint density at radius 1 is 1.60 bits per heavy atom. The van der Waals surface area contributed by atoms with Gasteiger partial charge in [0.05, 0.1) is 11.3 Å². The Balaban J connectivity index is 3.37. The van der Waals surface area contributed by atoms with Crippen molar-refractivity contribution in [1.29, 1.82) is 5.26 Å². The molecule has 6 nitrogen and oxygen atoms in total. The molecule has 1 aromatic rings. The number of carbonyl (C=O) groups excluding carboxylic acids is 1. The highest BCUT2D eigenvalue weighted by molar-refractivity contribution is 6.00. The molecule has 6 heteroatoms. The van der Waals surface area contributed by atoms with Gasteiger partial charge in [0.1, 0.15) is 6.07 Å². The lowest BCUT2D eigenvalue weighted by molar-refractivity contribution is -0.114. The summed E-state index contributed by atoms with van der Waals surface area (Å²) in [5, 5.41) is 20.0. The van der Waals surface area contributed by atoms with E-state index in [1.165, 1.54) is 24.7 Å². The normalized spacial score (nSPS) is 9.40. The molecule has 0 atom stereocenters. The summed E-state index contributed by atoms with van der Waals surface area (Å²) in [6.07, 6.45) is 1.36. The van der Waals surface area contributed by atoms with Gasteiger partial charge < -0.3 is 15.0 Å². The van der Waals surface area contributed by atoms with Crippen LogP contribution in [0.25, 0.3) is 0 Å². The minimum Gasteiger partial charge on any atom is -0.477 e. The predicted octanol–water partition coefficient (Wildman–Crippen LogP) is 0.553. The molecule has 0 fully saturated rings. The second-order valence-electron chi connectivity index (χ2n) is 2.98. The summed E-state index contributed by atoms with van der Waals surface area (Å²) in [4.78, 5) is 21.7. The number of carbonyl (C=O) groups is 2. The zero-order valence-corrected chi connectivity index (χ0v) is 8.24.